The summed E-state index contributed by atoms with van der Waals surface area (Å²) in [6, 6.07) is -2.26. The highest BCUT2D eigenvalue weighted by atomic mass is 16.7. The maximum atomic E-state index is 13.2. The summed E-state index contributed by atoms with van der Waals surface area (Å²) < 4.78 is 21.9. The van der Waals surface area contributed by atoms with Crippen molar-refractivity contribution < 1.29 is 82.6 Å². The first-order valence-corrected chi connectivity index (χ1v) is 19.9. The molecular weight excluding hydrogens is 786 g/mol. The highest BCUT2D eigenvalue weighted by molar-refractivity contribution is 6.01. The zero-order valence-corrected chi connectivity index (χ0v) is 33.6. The minimum absolute atomic E-state index is 0.0260. The Labute approximate surface area is 341 Å². The SMILES string of the molecule is CC(=O)[C@H](CCC(=O)N[C@@H](CCC(=O)NCCO[C@@H]1O[C@@H](C)[C@@H](O)C[C@@H]1O)C(=O)NCCO[C@@H]1O[C@@H](C)[C@@H](O)C[C@@H]1O)NC(=O)CCCCC(=O)ON1C(=O)CCC1=O. The molecule has 3 aliphatic heterocycles. The predicted molar refractivity (Wildman–Crippen MR) is 199 cm³/mol. The van der Waals surface area contributed by atoms with Gasteiger partial charge < -0.3 is 65.5 Å². The summed E-state index contributed by atoms with van der Waals surface area (Å²) >= 11 is 0. The summed E-state index contributed by atoms with van der Waals surface area (Å²) in [6.45, 7) is 4.33. The fraction of sp³-hybridized carbons (Fsp3) is 0.784. The van der Waals surface area contributed by atoms with Crippen molar-refractivity contribution in [2.45, 2.75) is 159 Å². The molecule has 22 nitrogen and oxygen atoms in total. The van der Waals surface area contributed by atoms with Crippen LogP contribution in [0, 0.1) is 0 Å². The number of hydrogen-bond acceptors (Lipinski definition) is 17. The number of imide groups is 1. The van der Waals surface area contributed by atoms with Crippen molar-refractivity contribution in [2.24, 2.45) is 0 Å². The van der Waals surface area contributed by atoms with E-state index in [1.165, 1.54) is 6.92 Å². The zero-order valence-electron chi connectivity index (χ0n) is 33.6. The smallest absolute Gasteiger partial charge is 0.333 e. The van der Waals surface area contributed by atoms with Crippen molar-refractivity contribution in [1.82, 2.24) is 26.3 Å². The standard InChI is InChI=1S/C37H59N5O17/c1-20(43)23(40-30(49)6-4-5-7-34(53)59-42-32(51)12-13-33(42)52)8-11-31(50)41-24(35(54)39-15-17-56-37-28(47)19-26(45)22(3)58-37)9-10-29(48)38-14-16-55-36-27(46)18-25(44)21(2)57-36/h21-28,36-37,44-47H,4-19H2,1-3H3,(H,38,48)(H,39,54)(H,40,49)(H,41,50)/t21-,22-,23-,24-,25-,26-,27-,28-,36+,37+/m0/s1. The number of amides is 6. The maximum absolute atomic E-state index is 13.2. The van der Waals surface area contributed by atoms with E-state index < -0.39 is 108 Å². The number of Topliss-reactive ketones (excluding diaryl/α,β-unsaturated/α-hetero) is 1. The van der Waals surface area contributed by atoms with Crippen LogP contribution in [0.4, 0.5) is 0 Å². The number of rotatable bonds is 24. The lowest BCUT2D eigenvalue weighted by Crippen LogP contribution is -2.49. The maximum Gasteiger partial charge on any atom is 0.333 e. The molecule has 0 bridgehead atoms. The van der Waals surface area contributed by atoms with Gasteiger partial charge in [0.1, 0.15) is 18.2 Å². The molecule has 334 valence electrons. The molecule has 3 fully saturated rings. The van der Waals surface area contributed by atoms with E-state index in [0.29, 0.717) is 5.06 Å². The number of carbonyl (C=O) groups excluding carboxylic acids is 8. The van der Waals surface area contributed by atoms with Crippen molar-refractivity contribution in [3.05, 3.63) is 0 Å². The first kappa shape index (κ1) is 49.2. The van der Waals surface area contributed by atoms with Crippen LogP contribution >= 0.6 is 0 Å². The Morgan fingerprint density at radius 3 is 1.71 bits per heavy atom. The van der Waals surface area contributed by atoms with Crippen LogP contribution in [-0.2, 0) is 62.1 Å². The molecule has 0 aromatic heterocycles. The van der Waals surface area contributed by atoms with Crippen LogP contribution in [0.3, 0.4) is 0 Å². The van der Waals surface area contributed by atoms with E-state index in [2.05, 4.69) is 21.3 Å². The molecule has 3 saturated heterocycles. The van der Waals surface area contributed by atoms with Gasteiger partial charge in [0.05, 0.1) is 43.7 Å². The Morgan fingerprint density at radius 1 is 0.678 bits per heavy atom. The van der Waals surface area contributed by atoms with Gasteiger partial charge in [-0.05, 0) is 46.5 Å². The second-order valence-corrected chi connectivity index (χ2v) is 14.7. The molecule has 6 amide bonds. The molecule has 3 aliphatic rings. The molecule has 0 aliphatic carbocycles. The van der Waals surface area contributed by atoms with Gasteiger partial charge in [-0.25, -0.2) is 4.79 Å². The van der Waals surface area contributed by atoms with Crippen molar-refractivity contribution >= 4 is 47.2 Å². The third-order valence-corrected chi connectivity index (χ3v) is 9.80. The van der Waals surface area contributed by atoms with Crippen LogP contribution in [0.25, 0.3) is 0 Å². The first-order chi connectivity index (χ1) is 27.9. The summed E-state index contributed by atoms with van der Waals surface area (Å²) in [6.07, 6.45) is -7.52. The van der Waals surface area contributed by atoms with Gasteiger partial charge in [0.2, 0.25) is 23.6 Å². The number of unbranched alkanes of at least 4 members (excludes halogenated alkanes) is 1. The highest BCUT2D eigenvalue weighted by Gasteiger charge is 2.36. The molecular formula is C37H59N5O17. The number of ether oxygens (including phenoxy) is 4. The van der Waals surface area contributed by atoms with Crippen LogP contribution in [0.15, 0.2) is 0 Å². The number of carbonyl (C=O) groups is 8. The number of aliphatic hydroxyl groups is 4. The molecule has 8 N–H and O–H groups in total. The Balaban J connectivity index is 1.45. The molecule has 0 aromatic carbocycles. The first-order valence-electron chi connectivity index (χ1n) is 19.9. The van der Waals surface area contributed by atoms with E-state index in [9.17, 15) is 58.8 Å². The fourth-order valence-electron chi connectivity index (χ4n) is 6.20. The second kappa shape index (κ2) is 24.8. The predicted octanol–water partition coefficient (Wildman–Crippen LogP) is -2.75. The summed E-state index contributed by atoms with van der Waals surface area (Å²) in [5.74, 6) is -4.77. The second-order valence-electron chi connectivity index (χ2n) is 14.7. The average Bonchev–Trinajstić information content (AvgIpc) is 3.49. The van der Waals surface area contributed by atoms with Gasteiger partial charge in [0, 0.05) is 64.5 Å². The average molecular weight is 846 g/mol. The molecule has 0 aromatic rings. The normalized spacial score (nSPS) is 26.7. The monoisotopic (exact) mass is 845 g/mol. The molecule has 3 heterocycles. The number of nitrogens with one attached hydrogen (secondary N) is 4. The van der Waals surface area contributed by atoms with E-state index in [1.54, 1.807) is 13.8 Å². The van der Waals surface area contributed by atoms with Crippen LogP contribution in [-0.4, -0.2) is 160 Å². The van der Waals surface area contributed by atoms with Crippen LogP contribution in [0.1, 0.15) is 97.8 Å². The lowest BCUT2D eigenvalue weighted by molar-refractivity contribution is -0.260. The van der Waals surface area contributed by atoms with Gasteiger partial charge >= 0.3 is 5.97 Å². The highest BCUT2D eigenvalue weighted by Crippen LogP contribution is 2.22. The van der Waals surface area contributed by atoms with E-state index >= 15 is 0 Å². The van der Waals surface area contributed by atoms with Gasteiger partial charge in [0.15, 0.2) is 18.4 Å². The van der Waals surface area contributed by atoms with Crippen molar-refractivity contribution in [2.75, 3.05) is 26.3 Å². The fourth-order valence-corrected chi connectivity index (χ4v) is 6.20. The Morgan fingerprint density at radius 2 is 1.15 bits per heavy atom. The Hall–Kier alpha value is -4.16. The third kappa shape index (κ3) is 17.2. The molecule has 59 heavy (non-hydrogen) atoms. The van der Waals surface area contributed by atoms with Gasteiger partial charge in [-0.15, -0.1) is 5.06 Å². The number of nitrogens with zero attached hydrogens (tertiary/aromatic N) is 1. The summed E-state index contributed by atoms with van der Waals surface area (Å²) in [7, 11) is 0. The molecule has 0 unspecified atom stereocenters. The third-order valence-electron chi connectivity index (χ3n) is 9.80. The number of aliphatic hydroxyl groups excluding tert-OH is 4. The van der Waals surface area contributed by atoms with E-state index in [0.717, 1.165) is 0 Å². The molecule has 10 atom stereocenters. The molecule has 0 spiro atoms. The van der Waals surface area contributed by atoms with Crippen molar-refractivity contribution in [3.63, 3.8) is 0 Å². The Bertz CT molecular complexity index is 1450. The number of hydroxylamine groups is 2. The largest absolute Gasteiger partial charge is 0.390 e. The molecule has 0 radical (unpaired) electrons. The number of ketones is 1. The molecule has 22 heteroatoms. The van der Waals surface area contributed by atoms with Crippen LogP contribution < -0.4 is 21.3 Å². The van der Waals surface area contributed by atoms with Gasteiger partial charge in [-0.1, -0.05) is 0 Å². The quantitative estimate of drug-likeness (QED) is 0.0361. The Kier molecular flexibility index (Phi) is 20.7. The van der Waals surface area contributed by atoms with Crippen molar-refractivity contribution in [1.29, 1.82) is 0 Å². The number of hydrogen-bond donors (Lipinski definition) is 8. The van der Waals surface area contributed by atoms with Crippen LogP contribution in [0.5, 0.6) is 0 Å². The van der Waals surface area contributed by atoms with Gasteiger partial charge in [-0.3, -0.25) is 33.6 Å². The van der Waals surface area contributed by atoms with E-state index in [1.807, 2.05) is 0 Å². The summed E-state index contributed by atoms with van der Waals surface area (Å²) in [5.41, 5.74) is 0. The lowest BCUT2D eigenvalue weighted by Gasteiger charge is -2.35. The van der Waals surface area contributed by atoms with Gasteiger partial charge in [-0.2, -0.15) is 0 Å². The zero-order chi connectivity index (χ0) is 43.6. The topological polar surface area (TPSA) is 315 Å². The van der Waals surface area contributed by atoms with Crippen molar-refractivity contribution in [3.8, 4) is 0 Å². The van der Waals surface area contributed by atoms with E-state index in [4.69, 9.17) is 23.8 Å². The van der Waals surface area contributed by atoms with E-state index in [-0.39, 0.29) is 103 Å². The minimum atomic E-state index is -1.21. The van der Waals surface area contributed by atoms with Crippen LogP contribution in [0.2, 0.25) is 0 Å². The molecule has 3 rings (SSSR count). The minimum Gasteiger partial charge on any atom is -0.390 e. The molecule has 0 saturated carbocycles. The summed E-state index contributed by atoms with van der Waals surface area (Å²) in [4.78, 5) is 104. The lowest BCUT2D eigenvalue weighted by atomic mass is 10.0. The van der Waals surface area contributed by atoms with Gasteiger partial charge in [0.25, 0.3) is 11.8 Å². The summed E-state index contributed by atoms with van der Waals surface area (Å²) in [5, 5.41) is 50.7.